The largest absolute Gasteiger partial charge is 0.455 e. The van der Waals surface area contributed by atoms with Crippen molar-refractivity contribution in [2.24, 2.45) is 5.92 Å². The molecule has 4 nitrogen and oxygen atoms in total. The SMILES string of the molecule is C=CC1CC(C)C(C=C)OC(=O)/C=C\C(=O)O1. The molecule has 0 spiro atoms. The summed E-state index contributed by atoms with van der Waals surface area (Å²) in [4.78, 5) is 22.6. The van der Waals surface area contributed by atoms with Crippen LogP contribution in [0.5, 0.6) is 0 Å². The van der Waals surface area contributed by atoms with Gasteiger partial charge in [-0.05, 0) is 6.42 Å². The summed E-state index contributed by atoms with van der Waals surface area (Å²) < 4.78 is 10.2. The van der Waals surface area contributed by atoms with Crippen LogP contribution in [0.3, 0.4) is 0 Å². The van der Waals surface area contributed by atoms with E-state index in [1.807, 2.05) is 6.92 Å². The smallest absolute Gasteiger partial charge is 0.331 e. The molecule has 92 valence electrons. The predicted octanol–water partition coefficient (Wildman–Crippen LogP) is 1.78. The van der Waals surface area contributed by atoms with Crippen LogP contribution in [0.4, 0.5) is 0 Å². The second kappa shape index (κ2) is 6.03. The van der Waals surface area contributed by atoms with Crippen molar-refractivity contribution >= 4 is 11.9 Å². The monoisotopic (exact) mass is 236 g/mol. The number of carbonyl (C=O) groups excluding carboxylic acids is 2. The molecule has 17 heavy (non-hydrogen) atoms. The van der Waals surface area contributed by atoms with E-state index < -0.39 is 18.0 Å². The first-order chi connectivity index (χ1) is 8.06. The van der Waals surface area contributed by atoms with Gasteiger partial charge in [0.2, 0.25) is 0 Å². The fraction of sp³-hybridized carbons (Fsp3) is 0.385. The van der Waals surface area contributed by atoms with Crippen molar-refractivity contribution in [1.82, 2.24) is 0 Å². The molecule has 0 aromatic rings. The van der Waals surface area contributed by atoms with Crippen LogP contribution in [0.25, 0.3) is 0 Å². The molecule has 0 amide bonds. The zero-order valence-corrected chi connectivity index (χ0v) is 9.80. The van der Waals surface area contributed by atoms with Crippen LogP contribution in [0.15, 0.2) is 37.5 Å². The molecular weight excluding hydrogens is 220 g/mol. The van der Waals surface area contributed by atoms with Gasteiger partial charge in [-0.3, -0.25) is 0 Å². The van der Waals surface area contributed by atoms with Crippen LogP contribution in [0, 0.1) is 5.92 Å². The first-order valence-corrected chi connectivity index (χ1v) is 5.41. The van der Waals surface area contributed by atoms with Crippen molar-refractivity contribution < 1.29 is 19.1 Å². The molecule has 1 aliphatic rings. The maximum atomic E-state index is 11.3. The lowest BCUT2D eigenvalue weighted by atomic mass is 9.97. The van der Waals surface area contributed by atoms with Gasteiger partial charge in [-0.25, -0.2) is 9.59 Å². The summed E-state index contributed by atoms with van der Waals surface area (Å²) >= 11 is 0. The first kappa shape index (κ1) is 13.2. The highest BCUT2D eigenvalue weighted by Crippen LogP contribution is 2.19. The maximum absolute atomic E-state index is 11.3. The lowest BCUT2D eigenvalue weighted by Gasteiger charge is -2.24. The summed E-state index contributed by atoms with van der Waals surface area (Å²) in [6, 6.07) is 0. The van der Waals surface area contributed by atoms with Crippen molar-refractivity contribution in [1.29, 1.82) is 0 Å². The van der Waals surface area contributed by atoms with E-state index in [9.17, 15) is 9.59 Å². The Morgan fingerprint density at radius 2 is 1.76 bits per heavy atom. The summed E-state index contributed by atoms with van der Waals surface area (Å²) in [5.41, 5.74) is 0. The number of hydrogen-bond acceptors (Lipinski definition) is 4. The van der Waals surface area contributed by atoms with Gasteiger partial charge in [0, 0.05) is 18.1 Å². The molecule has 0 saturated carbocycles. The second-order valence-corrected chi connectivity index (χ2v) is 3.89. The van der Waals surface area contributed by atoms with Gasteiger partial charge in [0.05, 0.1) is 0 Å². The van der Waals surface area contributed by atoms with Crippen molar-refractivity contribution in [2.75, 3.05) is 0 Å². The van der Waals surface area contributed by atoms with E-state index in [4.69, 9.17) is 9.47 Å². The van der Waals surface area contributed by atoms with Crippen molar-refractivity contribution in [2.45, 2.75) is 25.6 Å². The zero-order chi connectivity index (χ0) is 12.8. The third-order valence-electron chi connectivity index (χ3n) is 2.54. The normalized spacial score (nSPS) is 31.9. The molecule has 0 aromatic heterocycles. The van der Waals surface area contributed by atoms with Crippen LogP contribution in [0.2, 0.25) is 0 Å². The van der Waals surface area contributed by atoms with Gasteiger partial charge in [0.1, 0.15) is 12.2 Å². The Labute approximate surface area is 101 Å². The van der Waals surface area contributed by atoms with Crippen molar-refractivity contribution in [3.63, 3.8) is 0 Å². The van der Waals surface area contributed by atoms with Crippen LogP contribution in [-0.4, -0.2) is 24.1 Å². The third kappa shape index (κ3) is 3.90. The van der Waals surface area contributed by atoms with Gasteiger partial charge in [-0.2, -0.15) is 0 Å². The molecular formula is C13H16O4. The summed E-state index contributed by atoms with van der Waals surface area (Å²) in [7, 11) is 0. The average Bonchev–Trinajstić information content (AvgIpc) is 2.31. The summed E-state index contributed by atoms with van der Waals surface area (Å²) in [5, 5.41) is 0. The minimum Gasteiger partial charge on any atom is -0.455 e. The number of cyclic esters (lactones) is 2. The number of hydrogen-bond donors (Lipinski definition) is 0. The highest BCUT2D eigenvalue weighted by Gasteiger charge is 2.23. The molecule has 0 saturated heterocycles. The molecule has 1 heterocycles. The van der Waals surface area contributed by atoms with Crippen LogP contribution >= 0.6 is 0 Å². The predicted molar refractivity (Wildman–Crippen MR) is 63.1 cm³/mol. The van der Waals surface area contributed by atoms with Crippen LogP contribution in [-0.2, 0) is 19.1 Å². The average molecular weight is 236 g/mol. The molecule has 0 N–H and O–H groups in total. The molecule has 0 aromatic carbocycles. The van der Waals surface area contributed by atoms with Gasteiger partial charge in [-0.1, -0.05) is 32.2 Å². The van der Waals surface area contributed by atoms with Crippen LogP contribution < -0.4 is 0 Å². The van der Waals surface area contributed by atoms with E-state index in [1.165, 1.54) is 0 Å². The Balaban J connectivity index is 2.90. The molecule has 1 rings (SSSR count). The van der Waals surface area contributed by atoms with Gasteiger partial charge in [0.25, 0.3) is 0 Å². The Morgan fingerprint density at radius 3 is 2.29 bits per heavy atom. The van der Waals surface area contributed by atoms with E-state index >= 15 is 0 Å². The molecule has 0 aliphatic carbocycles. The Kier molecular flexibility index (Phi) is 4.69. The highest BCUT2D eigenvalue weighted by molar-refractivity contribution is 5.91. The second-order valence-electron chi connectivity index (χ2n) is 3.89. The van der Waals surface area contributed by atoms with Gasteiger partial charge >= 0.3 is 11.9 Å². The standard InChI is InChI=1S/C13H16O4/c1-4-10-8-9(3)11(5-2)17-13(15)7-6-12(14)16-10/h4-7,9-11H,1-2,8H2,3H3/b7-6-. The Hall–Kier alpha value is -1.84. The van der Waals surface area contributed by atoms with E-state index in [0.29, 0.717) is 6.42 Å². The molecule has 0 radical (unpaired) electrons. The Morgan fingerprint density at radius 1 is 1.18 bits per heavy atom. The van der Waals surface area contributed by atoms with Gasteiger partial charge in [-0.15, -0.1) is 0 Å². The number of carbonyl (C=O) groups is 2. The number of ether oxygens (including phenoxy) is 2. The molecule has 1 aliphatic heterocycles. The first-order valence-electron chi connectivity index (χ1n) is 5.41. The lowest BCUT2D eigenvalue weighted by Crippen LogP contribution is -2.28. The van der Waals surface area contributed by atoms with E-state index in [-0.39, 0.29) is 12.0 Å². The minimum absolute atomic E-state index is 0.00116. The molecule has 0 fully saturated rings. The molecule has 3 atom stereocenters. The highest BCUT2D eigenvalue weighted by atomic mass is 16.6. The lowest BCUT2D eigenvalue weighted by molar-refractivity contribution is -0.148. The van der Waals surface area contributed by atoms with E-state index in [1.54, 1.807) is 12.2 Å². The summed E-state index contributed by atoms with van der Waals surface area (Å²) in [6.45, 7) is 9.14. The third-order valence-corrected chi connectivity index (χ3v) is 2.54. The van der Waals surface area contributed by atoms with Crippen molar-refractivity contribution in [3.8, 4) is 0 Å². The zero-order valence-electron chi connectivity index (χ0n) is 9.80. The van der Waals surface area contributed by atoms with E-state index in [2.05, 4.69) is 13.2 Å². The molecule has 3 unspecified atom stereocenters. The maximum Gasteiger partial charge on any atom is 0.331 e. The number of rotatable bonds is 2. The Bertz CT molecular complexity index is 356. The fourth-order valence-corrected chi connectivity index (χ4v) is 1.59. The minimum atomic E-state index is -0.573. The summed E-state index contributed by atoms with van der Waals surface area (Å²) in [5.74, 6) is -1.15. The van der Waals surface area contributed by atoms with Crippen LogP contribution in [0.1, 0.15) is 13.3 Å². The molecule has 4 heteroatoms. The molecule has 0 bridgehead atoms. The van der Waals surface area contributed by atoms with Gasteiger partial charge < -0.3 is 9.47 Å². The topological polar surface area (TPSA) is 52.6 Å². The summed E-state index contributed by atoms with van der Waals surface area (Å²) in [6.07, 6.45) is 4.98. The van der Waals surface area contributed by atoms with Crippen molar-refractivity contribution in [3.05, 3.63) is 37.5 Å². The quantitative estimate of drug-likeness (QED) is 0.541. The fourth-order valence-electron chi connectivity index (χ4n) is 1.59. The van der Waals surface area contributed by atoms with Gasteiger partial charge in [0.15, 0.2) is 0 Å². The number of esters is 2. The van der Waals surface area contributed by atoms with E-state index in [0.717, 1.165) is 12.2 Å².